The van der Waals surface area contributed by atoms with E-state index in [2.05, 4.69) is 32.0 Å². The Morgan fingerprint density at radius 3 is 2.50 bits per heavy atom. The second-order valence-electron chi connectivity index (χ2n) is 5.55. The number of ketones is 1. The Morgan fingerprint density at radius 1 is 1.28 bits per heavy atom. The third kappa shape index (κ3) is 2.81. The number of rotatable bonds is 5. The van der Waals surface area contributed by atoms with Crippen LogP contribution in [-0.4, -0.2) is 18.5 Å². The molecule has 0 unspecified atom stereocenters. The number of hydrogen-bond donors (Lipinski definition) is 0. The third-order valence-electron chi connectivity index (χ3n) is 4.19. The second-order valence-corrected chi connectivity index (χ2v) is 5.55. The lowest BCUT2D eigenvalue weighted by molar-refractivity contribution is -0.131. The predicted octanol–water partition coefficient (Wildman–Crippen LogP) is 3.37. The van der Waals surface area contributed by atoms with Crippen LogP contribution in [0.15, 0.2) is 18.2 Å². The van der Waals surface area contributed by atoms with Gasteiger partial charge in [-0.15, -0.1) is 0 Å². The largest absolute Gasteiger partial charge is 0.378 e. The van der Waals surface area contributed by atoms with Crippen LogP contribution in [0.3, 0.4) is 0 Å². The van der Waals surface area contributed by atoms with Gasteiger partial charge in [0.2, 0.25) is 0 Å². The van der Waals surface area contributed by atoms with E-state index in [-0.39, 0.29) is 5.60 Å². The molecule has 1 saturated carbocycles. The van der Waals surface area contributed by atoms with E-state index < -0.39 is 0 Å². The smallest absolute Gasteiger partial charge is 0.140 e. The molecule has 2 nitrogen and oxygen atoms in total. The highest BCUT2D eigenvalue weighted by molar-refractivity contribution is 5.82. The molecule has 1 aliphatic carbocycles. The first-order valence-corrected chi connectivity index (χ1v) is 6.68. The summed E-state index contributed by atoms with van der Waals surface area (Å²) in [6.07, 6.45) is 4.34. The Balaban J connectivity index is 1.96. The number of methoxy groups -OCH3 is 1. The minimum absolute atomic E-state index is 0.142. The maximum atomic E-state index is 12.1. The zero-order valence-electron chi connectivity index (χ0n) is 11.6. The number of carbonyl (C=O) groups is 1. The highest BCUT2D eigenvalue weighted by Gasteiger charge is 2.38. The number of hydrogen-bond acceptors (Lipinski definition) is 2. The van der Waals surface area contributed by atoms with Crippen molar-refractivity contribution in [3.63, 3.8) is 0 Å². The van der Waals surface area contributed by atoms with Crippen LogP contribution in [0.4, 0.5) is 0 Å². The standard InChI is InChI=1S/C16H22O2/c1-12-5-6-14(9-13(12)2)10-15(17)11-16(18-3)7-4-8-16/h5-6,9H,4,7-8,10-11H2,1-3H3. The Kier molecular flexibility index (Phi) is 3.86. The molecule has 2 heteroatoms. The third-order valence-corrected chi connectivity index (χ3v) is 4.19. The van der Waals surface area contributed by atoms with Gasteiger partial charge in [0, 0.05) is 20.0 Å². The lowest BCUT2D eigenvalue weighted by Crippen LogP contribution is -2.41. The summed E-state index contributed by atoms with van der Waals surface area (Å²) < 4.78 is 5.50. The molecular formula is C16H22O2. The molecule has 2 rings (SSSR count). The van der Waals surface area contributed by atoms with Crippen molar-refractivity contribution in [2.75, 3.05) is 7.11 Å². The van der Waals surface area contributed by atoms with Gasteiger partial charge in [-0.25, -0.2) is 0 Å². The van der Waals surface area contributed by atoms with E-state index in [0.29, 0.717) is 18.6 Å². The topological polar surface area (TPSA) is 26.3 Å². The molecule has 0 radical (unpaired) electrons. The first-order chi connectivity index (χ1) is 8.54. The van der Waals surface area contributed by atoms with Crippen LogP contribution >= 0.6 is 0 Å². The first kappa shape index (κ1) is 13.3. The maximum Gasteiger partial charge on any atom is 0.140 e. The van der Waals surface area contributed by atoms with E-state index in [4.69, 9.17) is 4.74 Å². The summed E-state index contributed by atoms with van der Waals surface area (Å²) in [6.45, 7) is 4.18. The highest BCUT2D eigenvalue weighted by atomic mass is 16.5. The minimum Gasteiger partial charge on any atom is -0.378 e. The van der Waals surface area contributed by atoms with E-state index in [0.717, 1.165) is 18.4 Å². The Hall–Kier alpha value is -1.15. The van der Waals surface area contributed by atoms with Gasteiger partial charge in [0.15, 0.2) is 0 Å². The summed E-state index contributed by atoms with van der Waals surface area (Å²) in [4.78, 5) is 12.1. The molecule has 18 heavy (non-hydrogen) atoms. The van der Waals surface area contributed by atoms with Crippen LogP contribution in [0.25, 0.3) is 0 Å². The number of Topliss-reactive ketones (excluding diaryl/α,β-unsaturated/α-hetero) is 1. The van der Waals surface area contributed by atoms with Crippen molar-refractivity contribution in [1.82, 2.24) is 0 Å². The van der Waals surface area contributed by atoms with Gasteiger partial charge in [0.1, 0.15) is 5.78 Å². The van der Waals surface area contributed by atoms with Crippen molar-refractivity contribution in [3.8, 4) is 0 Å². The van der Waals surface area contributed by atoms with Gasteiger partial charge in [0.05, 0.1) is 5.60 Å². The normalized spacial score (nSPS) is 17.3. The molecule has 0 spiro atoms. The fourth-order valence-corrected chi connectivity index (χ4v) is 2.59. The molecule has 1 aromatic carbocycles. The van der Waals surface area contributed by atoms with Crippen LogP contribution in [0, 0.1) is 13.8 Å². The number of aryl methyl sites for hydroxylation is 2. The molecule has 0 aromatic heterocycles. The van der Waals surface area contributed by atoms with Gasteiger partial charge >= 0.3 is 0 Å². The molecular weight excluding hydrogens is 224 g/mol. The summed E-state index contributed by atoms with van der Waals surface area (Å²) in [7, 11) is 1.72. The summed E-state index contributed by atoms with van der Waals surface area (Å²) in [5.74, 6) is 0.291. The van der Waals surface area contributed by atoms with Crippen LogP contribution in [0.2, 0.25) is 0 Å². The Morgan fingerprint density at radius 2 is 2.00 bits per heavy atom. The highest BCUT2D eigenvalue weighted by Crippen LogP contribution is 2.38. The zero-order valence-corrected chi connectivity index (χ0v) is 11.6. The molecule has 0 aliphatic heterocycles. The molecule has 0 bridgehead atoms. The van der Waals surface area contributed by atoms with Crippen molar-refractivity contribution in [2.24, 2.45) is 0 Å². The SMILES string of the molecule is COC1(CC(=O)Cc2ccc(C)c(C)c2)CCC1. The molecule has 98 valence electrons. The number of carbonyl (C=O) groups excluding carboxylic acids is 1. The monoisotopic (exact) mass is 246 g/mol. The average Bonchev–Trinajstić information content (AvgIpc) is 2.29. The summed E-state index contributed by atoms with van der Waals surface area (Å²) in [5.41, 5.74) is 3.51. The van der Waals surface area contributed by atoms with Crippen molar-refractivity contribution < 1.29 is 9.53 Å². The fourth-order valence-electron chi connectivity index (χ4n) is 2.59. The number of ether oxygens (including phenoxy) is 1. The van der Waals surface area contributed by atoms with E-state index in [9.17, 15) is 4.79 Å². The van der Waals surface area contributed by atoms with Crippen molar-refractivity contribution >= 4 is 5.78 Å². The number of benzene rings is 1. The molecule has 1 aliphatic rings. The van der Waals surface area contributed by atoms with E-state index in [1.807, 2.05) is 0 Å². The second kappa shape index (κ2) is 5.23. The lowest BCUT2D eigenvalue weighted by Gasteiger charge is -2.40. The van der Waals surface area contributed by atoms with Gasteiger partial charge in [-0.2, -0.15) is 0 Å². The molecule has 0 amide bonds. The molecule has 0 heterocycles. The maximum absolute atomic E-state index is 12.1. The summed E-state index contributed by atoms with van der Waals surface area (Å²) >= 11 is 0. The zero-order chi connectivity index (χ0) is 13.2. The average molecular weight is 246 g/mol. The molecule has 1 fully saturated rings. The van der Waals surface area contributed by atoms with Crippen LogP contribution < -0.4 is 0 Å². The summed E-state index contributed by atoms with van der Waals surface area (Å²) in [6, 6.07) is 6.27. The molecule has 0 atom stereocenters. The van der Waals surface area contributed by atoms with Gasteiger partial charge in [-0.1, -0.05) is 18.2 Å². The van der Waals surface area contributed by atoms with Gasteiger partial charge in [0.25, 0.3) is 0 Å². The molecule has 0 N–H and O–H groups in total. The molecule has 1 aromatic rings. The quantitative estimate of drug-likeness (QED) is 0.796. The van der Waals surface area contributed by atoms with Gasteiger partial charge < -0.3 is 4.74 Å². The fraction of sp³-hybridized carbons (Fsp3) is 0.562. The minimum atomic E-state index is -0.142. The van der Waals surface area contributed by atoms with E-state index in [1.54, 1.807) is 7.11 Å². The predicted molar refractivity (Wildman–Crippen MR) is 72.8 cm³/mol. The van der Waals surface area contributed by atoms with Crippen molar-refractivity contribution in [2.45, 2.75) is 51.6 Å². The Bertz CT molecular complexity index is 439. The van der Waals surface area contributed by atoms with Crippen LogP contribution in [0.1, 0.15) is 42.4 Å². The van der Waals surface area contributed by atoms with Crippen molar-refractivity contribution in [3.05, 3.63) is 34.9 Å². The lowest BCUT2D eigenvalue weighted by atomic mass is 9.76. The van der Waals surface area contributed by atoms with E-state index in [1.165, 1.54) is 17.5 Å². The van der Waals surface area contributed by atoms with Crippen molar-refractivity contribution in [1.29, 1.82) is 0 Å². The molecule has 0 saturated heterocycles. The van der Waals surface area contributed by atoms with Crippen LogP contribution in [0.5, 0.6) is 0 Å². The van der Waals surface area contributed by atoms with Crippen LogP contribution in [-0.2, 0) is 16.0 Å². The van der Waals surface area contributed by atoms with Gasteiger partial charge in [-0.3, -0.25) is 4.79 Å². The van der Waals surface area contributed by atoms with E-state index >= 15 is 0 Å². The van der Waals surface area contributed by atoms with Gasteiger partial charge in [-0.05, 0) is 49.8 Å². The Labute approximate surface area is 109 Å². The first-order valence-electron chi connectivity index (χ1n) is 6.68. The summed E-state index contributed by atoms with van der Waals surface area (Å²) in [5, 5.41) is 0.